The number of amides is 3. The number of carbonyl (C=O) groups excluding carboxylic acids is 2. The molecule has 1 aromatic carbocycles. The maximum Gasteiger partial charge on any atom is 0.312 e. The Balaban J connectivity index is 2.19. The molecule has 0 aromatic heterocycles. The number of ether oxygens (including phenoxy) is 2. The van der Waals surface area contributed by atoms with E-state index >= 15 is 0 Å². The summed E-state index contributed by atoms with van der Waals surface area (Å²) in [6, 6.07) is 4.33. The minimum Gasteiger partial charge on any atom is -0.493 e. The van der Waals surface area contributed by atoms with Gasteiger partial charge in [-0.15, -0.1) is 0 Å². The molecule has 1 fully saturated rings. The molecular weight excluding hydrogens is 262 g/mol. The van der Waals surface area contributed by atoms with Crippen molar-refractivity contribution in [2.45, 2.75) is 12.5 Å². The molecule has 7 heteroatoms. The predicted molar refractivity (Wildman–Crippen MR) is 73.0 cm³/mol. The van der Waals surface area contributed by atoms with Crippen LogP contribution in [0.5, 0.6) is 11.5 Å². The zero-order chi connectivity index (χ0) is 14.7. The third-order valence-corrected chi connectivity index (χ3v) is 3.15. The van der Waals surface area contributed by atoms with Gasteiger partial charge in [-0.1, -0.05) is 0 Å². The Morgan fingerprint density at radius 2 is 2.05 bits per heavy atom. The van der Waals surface area contributed by atoms with Crippen LogP contribution in [0.1, 0.15) is 6.42 Å². The van der Waals surface area contributed by atoms with Crippen LogP contribution in [0.3, 0.4) is 0 Å². The van der Waals surface area contributed by atoms with E-state index in [1.807, 2.05) is 0 Å². The number of anilines is 1. The Morgan fingerprint density at radius 3 is 2.65 bits per heavy atom. The fourth-order valence-corrected chi connectivity index (χ4v) is 2.25. The van der Waals surface area contributed by atoms with Crippen molar-refractivity contribution < 1.29 is 19.1 Å². The van der Waals surface area contributed by atoms with Gasteiger partial charge in [-0.25, -0.2) is 4.79 Å². The monoisotopic (exact) mass is 279 g/mol. The van der Waals surface area contributed by atoms with E-state index in [4.69, 9.17) is 15.2 Å². The predicted octanol–water partition coefficient (Wildman–Crippen LogP) is 0.477. The second kappa shape index (κ2) is 5.68. The number of nitrogens with one attached hydrogen (secondary N) is 1. The van der Waals surface area contributed by atoms with Gasteiger partial charge in [0.15, 0.2) is 11.5 Å². The summed E-state index contributed by atoms with van der Waals surface area (Å²) in [6.45, 7) is 0.386. The quantitative estimate of drug-likeness (QED) is 0.838. The van der Waals surface area contributed by atoms with E-state index in [0.29, 0.717) is 23.7 Å². The second-order valence-corrected chi connectivity index (χ2v) is 4.45. The Hall–Kier alpha value is -2.44. The summed E-state index contributed by atoms with van der Waals surface area (Å²) in [4.78, 5) is 24.4. The van der Waals surface area contributed by atoms with E-state index < -0.39 is 6.03 Å². The molecule has 0 bridgehead atoms. The van der Waals surface area contributed by atoms with Crippen molar-refractivity contribution in [3.05, 3.63) is 18.2 Å². The van der Waals surface area contributed by atoms with Gasteiger partial charge in [0.1, 0.15) is 0 Å². The lowest BCUT2D eigenvalue weighted by Crippen LogP contribution is -2.40. The normalized spacial score (nSPS) is 18.0. The highest BCUT2D eigenvalue weighted by atomic mass is 16.5. The van der Waals surface area contributed by atoms with Crippen LogP contribution < -0.4 is 25.4 Å². The molecule has 108 valence electrons. The summed E-state index contributed by atoms with van der Waals surface area (Å²) >= 11 is 0. The molecule has 1 unspecified atom stereocenters. The highest BCUT2D eigenvalue weighted by molar-refractivity contribution is 5.97. The van der Waals surface area contributed by atoms with Gasteiger partial charge in [0, 0.05) is 24.7 Å². The van der Waals surface area contributed by atoms with Crippen molar-refractivity contribution >= 4 is 17.6 Å². The first-order valence-corrected chi connectivity index (χ1v) is 6.13. The van der Waals surface area contributed by atoms with E-state index in [2.05, 4.69) is 5.32 Å². The molecule has 1 heterocycles. The van der Waals surface area contributed by atoms with Crippen molar-refractivity contribution in [3.8, 4) is 11.5 Å². The van der Waals surface area contributed by atoms with Crippen LogP contribution in [0, 0.1) is 0 Å². The van der Waals surface area contributed by atoms with E-state index in [-0.39, 0.29) is 18.4 Å². The SMILES string of the molecule is COc1ccc(N2CC(NC(N)=O)CC2=O)cc1OC. The number of methoxy groups -OCH3 is 2. The first-order valence-electron chi connectivity index (χ1n) is 6.13. The first-order chi connectivity index (χ1) is 9.55. The first kappa shape index (κ1) is 14.0. The molecule has 0 aliphatic carbocycles. The van der Waals surface area contributed by atoms with Gasteiger partial charge in [-0.2, -0.15) is 0 Å². The van der Waals surface area contributed by atoms with Crippen LogP contribution in [0.2, 0.25) is 0 Å². The number of carbonyl (C=O) groups is 2. The zero-order valence-corrected chi connectivity index (χ0v) is 11.4. The number of nitrogens with zero attached hydrogens (tertiary/aromatic N) is 1. The molecule has 2 rings (SSSR count). The van der Waals surface area contributed by atoms with Gasteiger partial charge >= 0.3 is 6.03 Å². The number of hydrogen-bond donors (Lipinski definition) is 2. The van der Waals surface area contributed by atoms with Crippen LogP contribution in [0.15, 0.2) is 18.2 Å². The Kier molecular flexibility index (Phi) is 3.97. The van der Waals surface area contributed by atoms with Gasteiger partial charge < -0.3 is 25.4 Å². The van der Waals surface area contributed by atoms with Crippen molar-refractivity contribution in [3.63, 3.8) is 0 Å². The summed E-state index contributed by atoms with van der Waals surface area (Å²) in [6.07, 6.45) is 0.233. The third-order valence-electron chi connectivity index (χ3n) is 3.15. The fourth-order valence-electron chi connectivity index (χ4n) is 2.25. The summed E-state index contributed by atoms with van der Waals surface area (Å²) in [7, 11) is 3.08. The lowest BCUT2D eigenvalue weighted by molar-refractivity contribution is -0.117. The Morgan fingerprint density at radius 1 is 1.35 bits per heavy atom. The molecule has 7 nitrogen and oxygen atoms in total. The molecule has 3 amide bonds. The van der Waals surface area contributed by atoms with Crippen molar-refractivity contribution in [1.29, 1.82) is 0 Å². The van der Waals surface area contributed by atoms with Gasteiger partial charge in [-0.3, -0.25) is 4.79 Å². The third kappa shape index (κ3) is 2.76. The van der Waals surface area contributed by atoms with Gasteiger partial charge in [0.05, 0.1) is 20.3 Å². The van der Waals surface area contributed by atoms with Gasteiger partial charge in [0.2, 0.25) is 5.91 Å². The van der Waals surface area contributed by atoms with Gasteiger partial charge in [0.25, 0.3) is 0 Å². The molecule has 20 heavy (non-hydrogen) atoms. The molecule has 1 aliphatic heterocycles. The average Bonchev–Trinajstić information content (AvgIpc) is 2.77. The van der Waals surface area contributed by atoms with Crippen LogP contribution >= 0.6 is 0 Å². The number of hydrogen-bond acceptors (Lipinski definition) is 4. The lowest BCUT2D eigenvalue weighted by atomic mass is 10.2. The molecule has 1 aliphatic rings. The van der Waals surface area contributed by atoms with Crippen molar-refractivity contribution in [1.82, 2.24) is 5.32 Å². The van der Waals surface area contributed by atoms with Crippen LogP contribution in [-0.2, 0) is 4.79 Å². The highest BCUT2D eigenvalue weighted by Gasteiger charge is 2.31. The lowest BCUT2D eigenvalue weighted by Gasteiger charge is -2.18. The smallest absolute Gasteiger partial charge is 0.312 e. The molecule has 1 saturated heterocycles. The minimum atomic E-state index is -0.628. The van der Waals surface area contributed by atoms with Gasteiger partial charge in [-0.05, 0) is 12.1 Å². The molecule has 1 aromatic rings. The fraction of sp³-hybridized carbons (Fsp3) is 0.385. The molecule has 3 N–H and O–H groups in total. The number of urea groups is 1. The summed E-state index contributed by atoms with van der Waals surface area (Å²) in [5.74, 6) is 1.06. The molecular formula is C13H17N3O4. The van der Waals surface area contributed by atoms with Crippen molar-refractivity contribution in [2.75, 3.05) is 25.7 Å². The number of rotatable bonds is 4. The van der Waals surface area contributed by atoms with Crippen LogP contribution in [-0.4, -0.2) is 38.7 Å². The van der Waals surface area contributed by atoms with E-state index in [1.54, 1.807) is 30.2 Å². The standard InChI is InChI=1S/C13H17N3O4/c1-19-10-4-3-9(6-11(10)20-2)16-7-8(5-12(16)17)15-13(14)18/h3-4,6,8H,5,7H2,1-2H3,(H3,14,15,18). The second-order valence-electron chi connectivity index (χ2n) is 4.45. The maximum atomic E-state index is 12.0. The van der Waals surface area contributed by atoms with E-state index in [0.717, 1.165) is 0 Å². The van der Waals surface area contributed by atoms with E-state index in [1.165, 1.54) is 7.11 Å². The Labute approximate surface area is 116 Å². The summed E-state index contributed by atoms with van der Waals surface area (Å²) < 4.78 is 10.4. The van der Waals surface area contributed by atoms with Crippen molar-refractivity contribution in [2.24, 2.45) is 5.73 Å². The average molecular weight is 279 g/mol. The zero-order valence-electron chi connectivity index (χ0n) is 11.4. The molecule has 1 atom stereocenters. The highest BCUT2D eigenvalue weighted by Crippen LogP contribution is 2.33. The van der Waals surface area contributed by atoms with E-state index in [9.17, 15) is 9.59 Å². The number of nitrogens with two attached hydrogens (primary N) is 1. The molecule has 0 saturated carbocycles. The number of benzene rings is 1. The minimum absolute atomic E-state index is 0.0732. The molecule has 0 spiro atoms. The maximum absolute atomic E-state index is 12.0. The Bertz CT molecular complexity index is 532. The van der Waals surface area contributed by atoms with Crippen LogP contribution in [0.25, 0.3) is 0 Å². The van der Waals surface area contributed by atoms with Crippen LogP contribution in [0.4, 0.5) is 10.5 Å². The summed E-state index contributed by atoms with van der Waals surface area (Å²) in [5.41, 5.74) is 5.76. The molecule has 0 radical (unpaired) electrons. The largest absolute Gasteiger partial charge is 0.493 e. The topological polar surface area (TPSA) is 93.9 Å². The summed E-state index contributed by atoms with van der Waals surface area (Å²) in [5, 5.41) is 2.54. The number of primary amides is 1.